The van der Waals surface area contributed by atoms with Gasteiger partial charge in [-0.2, -0.15) is 0 Å². The van der Waals surface area contributed by atoms with Gasteiger partial charge in [-0.1, -0.05) is 29.8 Å². The average molecular weight is 382 g/mol. The van der Waals surface area contributed by atoms with Crippen molar-refractivity contribution in [2.45, 2.75) is 11.8 Å². The van der Waals surface area contributed by atoms with Gasteiger partial charge in [0.1, 0.15) is 0 Å². The lowest BCUT2D eigenvalue weighted by Gasteiger charge is -2.10. The van der Waals surface area contributed by atoms with Crippen LogP contribution >= 0.6 is 11.6 Å². The van der Waals surface area contributed by atoms with Gasteiger partial charge in [0.15, 0.2) is 16.4 Å². The van der Waals surface area contributed by atoms with Gasteiger partial charge >= 0.3 is 5.97 Å². The number of rotatable bonds is 5. The van der Waals surface area contributed by atoms with Gasteiger partial charge in [-0.3, -0.25) is 4.79 Å². The first-order valence-corrected chi connectivity index (χ1v) is 9.47. The maximum Gasteiger partial charge on any atom is 0.340 e. The van der Waals surface area contributed by atoms with Gasteiger partial charge < -0.3 is 10.1 Å². The minimum absolute atomic E-state index is 0.0386. The van der Waals surface area contributed by atoms with Crippen LogP contribution in [-0.4, -0.2) is 33.2 Å². The molecule has 2 aromatic carbocycles. The third kappa shape index (κ3) is 5.04. The summed E-state index contributed by atoms with van der Waals surface area (Å²) in [6.45, 7) is 1.31. The minimum Gasteiger partial charge on any atom is -0.452 e. The molecule has 0 saturated heterocycles. The van der Waals surface area contributed by atoms with E-state index in [1.54, 1.807) is 12.1 Å². The molecule has 132 valence electrons. The third-order valence-corrected chi connectivity index (χ3v) is 4.78. The number of aryl methyl sites for hydroxylation is 1. The summed E-state index contributed by atoms with van der Waals surface area (Å²) < 4.78 is 28.0. The van der Waals surface area contributed by atoms with Crippen LogP contribution in [0.4, 0.5) is 5.69 Å². The van der Waals surface area contributed by atoms with Crippen LogP contribution < -0.4 is 5.32 Å². The molecule has 0 bridgehead atoms. The van der Waals surface area contributed by atoms with Crippen molar-refractivity contribution in [2.75, 3.05) is 18.2 Å². The standard InChI is InChI=1S/C17H16ClNO5S/c1-11-5-3-4-6-15(11)19-16(20)10-24-17(21)13-9-12(25(2,22)23)7-8-14(13)18/h3-9H,10H2,1-2H3,(H,19,20). The molecular formula is C17H16ClNO5S. The Kier molecular flexibility index (Phi) is 5.81. The molecule has 0 atom stereocenters. The van der Waals surface area contributed by atoms with Crippen LogP contribution in [0, 0.1) is 6.92 Å². The Morgan fingerprint density at radius 1 is 1.16 bits per heavy atom. The lowest BCUT2D eigenvalue weighted by atomic mass is 10.2. The fourth-order valence-electron chi connectivity index (χ4n) is 2.00. The van der Waals surface area contributed by atoms with E-state index in [1.807, 2.05) is 19.1 Å². The van der Waals surface area contributed by atoms with Crippen molar-refractivity contribution < 1.29 is 22.7 Å². The zero-order valence-corrected chi connectivity index (χ0v) is 15.1. The summed E-state index contributed by atoms with van der Waals surface area (Å²) in [5, 5.41) is 2.66. The van der Waals surface area contributed by atoms with Crippen molar-refractivity contribution >= 4 is 39.0 Å². The normalized spacial score (nSPS) is 11.0. The van der Waals surface area contributed by atoms with Crippen LogP contribution in [-0.2, 0) is 19.4 Å². The van der Waals surface area contributed by atoms with Crippen LogP contribution in [0.25, 0.3) is 0 Å². The molecule has 25 heavy (non-hydrogen) atoms. The number of esters is 1. The SMILES string of the molecule is Cc1ccccc1NC(=O)COC(=O)c1cc(S(C)(=O)=O)ccc1Cl. The van der Waals surface area contributed by atoms with Crippen LogP contribution in [0.3, 0.4) is 0 Å². The lowest BCUT2D eigenvalue weighted by molar-refractivity contribution is -0.119. The smallest absolute Gasteiger partial charge is 0.340 e. The number of benzene rings is 2. The third-order valence-electron chi connectivity index (χ3n) is 3.34. The molecule has 0 radical (unpaired) electrons. The highest BCUT2D eigenvalue weighted by atomic mass is 35.5. The van der Waals surface area contributed by atoms with Crippen molar-refractivity contribution in [2.24, 2.45) is 0 Å². The lowest BCUT2D eigenvalue weighted by Crippen LogP contribution is -2.21. The summed E-state index contributed by atoms with van der Waals surface area (Å²) in [7, 11) is -3.50. The van der Waals surface area contributed by atoms with Crippen LogP contribution in [0.1, 0.15) is 15.9 Å². The maximum absolute atomic E-state index is 12.1. The van der Waals surface area contributed by atoms with Gasteiger partial charge in [0.05, 0.1) is 15.5 Å². The van der Waals surface area contributed by atoms with Crippen molar-refractivity contribution in [1.82, 2.24) is 0 Å². The summed E-state index contributed by atoms with van der Waals surface area (Å²) in [5.74, 6) is -1.39. The second-order valence-electron chi connectivity index (χ2n) is 5.35. The highest BCUT2D eigenvalue weighted by Crippen LogP contribution is 2.21. The molecule has 1 amide bonds. The zero-order chi connectivity index (χ0) is 18.6. The Morgan fingerprint density at radius 3 is 2.48 bits per heavy atom. The van der Waals surface area contributed by atoms with E-state index in [4.69, 9.17) is 16.3 Å². The molecule has 0 aliphatic rings. The van der Waals surface area contributed by atoms with E-state index >= 15 is 0 Å². The highest BCUT2D eigenvalue weighted by molar-refractivity contribution is 7.90. The van der Waals surface area contributed by atoms with E-state index in [0.717, 1.165) is 17.9 Å². The summed E-state index contributed by atoms with van der Waals surface area (Å²) in [4.78, 5) is 23.9. The number of halogens is 1. The number of para-hydroxylation sites is 1. The number of nitrogens with one attached hydrogen (secondary N) is 1. The second kappa shape index (κ2) is 7.67. The molecule has 1 N–H and O–H groups in total. The second-order valence-corrected chi connectivity index (χ2v) is 7.78. The van der Waals surface area contributed by atoms with Crippen LogP contribution in [0.15, 0.2) is 47.4 Å². The summed E-state index contributed by atoms with van der Waals surface area (Å²) in [6, 6.07) is 10.9. The number of sulfone groups is 1. The van der Waals surface area contributed by atoms with E-state index < -0.39 is 28.3 Å². The molecule has 0 spiro atoms. The molecule has 8 heteroatoms. The molecule has 6 nitrogen and oxygen atoms in total. The van der Waals surface area contributed by atoms with Gasteiger partial charge in [-0.15, -0.1) is 0 Å². The average Bonchev–Trinajstić information content (AvgIpc) is 2.54. The van der Waals surface area contributed by atoms with Crippen molar-refractivity contribution in [1.29, 1.82) is 0 Å². The predicted octanol–water partition coefficient (Wildman–Crippen LogP) is 2.85. The number of amides is 1. The molecule has 2 rings (SSSR count). The molecule has 0 fully saturated rings. The maximum atomic E-state index is 12.1. The van der Waals surface area contributed by atoms with Gasteiger partial charge in [-0.05, 0) is 36.8 Å². The van der Waals surface area contributed by atoms with Crippen LogP contribution in [0.5, 0.6) is 0 Å². The number of carbonyl (C=O) groups excluding carboxylic acids is 2. The van der Waals surface area contributed by atoms with E-state index in [0.29, 0.717) is 5.69 Å². The van der Waals surface area contributed by atoms with Crippen LogP contribution in [0.2, 0.25) is 5.02 Å². The summed E-state index contributed by atoms with van der Waals surface area (Å²) >= 11 is 5.91. The Balaban J connectivity index is 2.05. The fourth-order valence-corrected chi connectivity index (χ4v) is 2.84. The minimum atomic E-state index is -3.50. The first-order valence-electron chi connectivity index (χ1n) is 7.20. The number of hydrogen-bond acceptors (Lipinski definition) is 5. The van der Waals surface area contributed by atoms with E-state index in [9.17, 15) is 18.0 Å². The largest absolute Gasteiger partial charge is 0.452 e. The molecular weight excluding hydrogens is 366 g/mol. The summed E-state index contributed by atoms with van der Waals surface area (Å²) in [5.41, 5.74) is 1.36. The quantitative estimate of drug-likeness (QED) is 0.804. The number of carbonyl (C=O) groups is 2. The Bertz CT molecular complexity index is 924. The number of anilines is 1. The van der Waals surface area contributed by atoms with Gasteiger partial charge in [0.2, 0.25) is 0 Å². The van der Waals surface area contributed by atoms with E-state index in [-0.39, 0.29) is 15.5 Å². The Hall–Kier alpha value is -2.38. The molecule has 0 aliphatic carbocycles. The molecule has 0 aliphatic heterocycles. The van der Waals surface area contributed by atoms with E-state index in [2.05, 4.69) is 5.32 Å². The zero-order valence-electron chi connectivity index (χ0n) is 13.6. The van der Waals surface area contributed by atoms with Crippen molar-refractivity contribution in [3.05, 3.63) is 58.6 Å². The van der Waals surface area contributed by atoms with E-state index in [1.165, 1.54) is 12.1 Å². The molecule has 2 aromatic rings. The van der Waals surface area contributed by atoms with Crippen molar-refractivity contribution in [3.8, 4) is 0 Å². The first-order chi connectivity index (χ1) is 11.7. The van der Waals surface area contributed by atoms with Gasteiger partial charge in [0.25, 0.3) is 5.91 Å². The monoisotopic (exact) mass is 381 g/mol. The highest BCUT2D eigenvalue weighted by Gasteiger charge is 2.18. The Morgan fingerprint density at radius 2 is 1.84 bits per heavy atom. The predicted molar refractivity (Wildman–Crippen MR) is 94.7 cm³/mol. The fraction of sp³-hybridized carbons (Fsp3) is 0.176. The first kappa shape index (κ1) is 19.0. The number of hydrogen-bond donors (Lipinski definition) is 1. The molecule has 0 aromatic heterocycles. The van der Waals surface area contributed by atoms with Gasteiger partial charge in [-0.25, -0.2) is 13.2 Å². The van der Waals surface area contributed by atoms with Crippen molar-refractivity contribution in [3.63, 3.8) is 0 Å². The summed E-state index contributed by atoms with van der Waals surface area (Å²) in [6.07, 6.45) is 1.01. The molecule has 0 unspecified atom stereocenters. The topological polar surface area (TPSA) is 89.5 Å². The molecule has 0 saturated carbocycles. The molecule has 0 heterocycles. The van der Waals surface area contributed by atoms with Gasteiger partial charge in [0, 0.05) is 11.9 Å². The Labute approximate surface area is 150 Å². The number of ether oxygens (including phenoxy) is 1.